The van der Waals surface area contributed by atoms with Gasteiger partial charge in [0.15, 0.2) is 5.82 Å². The lowest BCUT2D eigenvalue weighted by Crippen LogP contribution is -2.00. The van der Waals surface area contributed by atoms with Crippen LogP contribution in [0.4, 0.5) is 10.1 Å². The van der Waals surface area contributed by atoms with E-state index in [9.17, 15) is 9.18 Å². The fourth-order valence-electron chi connectivity index (χ4n) is 1.18. The summed E-state index contributed by atoms with van der Waals surface area (Å²) in [5, 5.41) is 6.15. The van der Waals surface area contributed by atoms with Crippen LogP contribution < -0.4 is 5.32 Å². The number of hydrogen-bond donors (Lipinski definition) is 1. The normalized spacial score (nSPS) is 9.93. The lowest BCUT2D eigenvalue weighted by atomic mass is 10.2. The highest BCUT2D eigenvalue weighted by Crippen LogP contribution is 2.16. The molecule has 2 aromatic rings. The summed E-state index contributed by atoms with van der Waals surface area (Å²) >= 11 is 0. The molecule has 0 spiro atoms. The van der Waals surface area contributed by atoms with Crippen molar-refractivity contribution >= 4 is 12.1 Å². The van der Waals surface area contributed by atoms with Crippen molar-refractivity contribution < 1.29 is 9.18 Å². The number of amides is 1. The van der Waals surface area contributed by atoms with Crippen LogP contribution >= 0.6 is 0 Å². The topological polar surface area (TPSA) is 59.8 Å². The van der Waals surface area contributed by atoms with Crippen LogP contribution in [0.5, 0.6) is 0 Å². The predicted molar refractivity (Wildman–Crippen MR) is 51.0 cm³/mol. The third-order valence-corrected chi connectivity index (χ3v) is 1.84. The van der Waals surface area contributed by atoms with E-state index in [2.05, 4.69) is 15.4 Å². The van der Waals surface area contributed by atoms with Gasteiger partial charge in [0, 0.05) is 5.69 Å². The van der Waals surface area contributed by atoms with Crippen LogP contribution in [0.2, 0.25) is 0 Å². The lowest BCUT2D eigenvalue weighted by Gasteiger charge is -2.04. The summed E-state index contributed by atoms with van der Waals surface area (Å²) in [5.41, 5.74) is 0.676. The molecule has 0 aliphatic carbocycles. The summed E-state index contributed by atoms with van der Waals surface area (Å²) < 4.78 is 14.8. The smallest absolute Gasteiger partial charge is 0.211 e. The minimum Gasteiger partial charge on any atom is -0.329 e. The maximum Gasteiger partial charge on any atom is 0.211 e. The van der Waals surface area contributed by atoms with Crippen molar-refractivity contribution in [3.8, 4) is 5.69 Å². The molecular formula is C9H7FN4O. The van der Waals surface area contributed by atoms with Crippen LogP contribution in [-0.4, -0.2) is 21.2 Å². The molecule has 6 heteroatoms. The highest BCUT2D eigenvalue weighted by Gasteiger charge is 2.05. The van der Waals surface area contributed by atoms with Gasteiger partial charge in [0.2, 0.25) is 6.41 Å². The van der Waals surface area contributed by atoms with Crippen LogP contribution in [0.15, 0.2) is 30.9 Å². The largest absolute Gasteiger partial charge is 0.329 e. The van der Waals surface area contributed by atoms with E-state index >= 15 is 0 Å². The second kappa shape index (κ2) is 3.87. The van der Waals surface area contributed by atoms with E-state index in [4.69, 9.17) is 0 Å². The van der Waals surface area contributed by atoms with Gasteiger partial charge in [0.1, 0.15) is 18.3 Å². The molecular weight excluding hydrogens is 199 g/mol. The van der Waals surface area contributed by atoms with E-state index in [-0.39, 0.29) is 5.69 Å². The molecule has 1 heterocycles. The van der Waals surface area contributed by atoms with E-state index in [0.717, 1.165) is 0 Å². The average Bonchev–Trinajstić information content (AvgIpc) is 2.71. The monoisotopic (exact) mass is 206 g/mol. The Morgan fingerprint density at radius 1 is 1.47 bits per heavy atom. The van der Waals surface area contributed by atoms with Crippen LogP contribution in [0, 0.1) is 5.82 Å². The van der Waals surface area contributed by atoms with Crippen LogP contribution in [0.25, 0.3) is 5.69 Å². The molecule has 15 heavy (non-hydrogen) atoms. The Kier molecular flexibility index (Phi) is 2.40. The molecule has 1 aromatic carbocycles. The van der Waals surface area contributed by atoms with Crippen LogP contribution in [0.3, 0.4) is 0 Å². The zero-order chi connectivity index (χ0) is 10.7. The molecule has 1 N–H and O–H groups in total. The molecule has 1 amide bonds. The van der Waals surface area contributed by atoms with Gasteiger partial charge in [-0.1, -0.05) is 0 Å². The van der Waals surface area contributed by atoms with Gasteiger partial charge in [-0.15, -0.1) is 0 Å². The molecule has 0 saturated heterocycles. The van der Waals surface area contributed by atoms with Crippen molar-refractivity contribution in [1.82, 2.24) is 14.8 Å². The molecule has 1 aromatic heterocycles. The fraction of sp³-hybridized carbons (Fsp3) is 0. The van der Waals surface area contributed by atoms with Crippen molar-refractivity contribution in [2.45, 2.75) is 0 Å². The van der Waals surface area contributed by atoms with E-state index in [1.165, 1.54) is 29.5 Å². The fourth-order valence-corrected chi connectivity index (χ4v) is 1.18. The number of hydrogen-bond acceptors (Lipinski definition) is 3. The molecule has 76 valence electrons. The van der Waals surface area contributed by atoms with Crippen molar-refractivity contribution in [2.75, 3.05) is 5.32 Å². The van der Waals surface area contributed by atoms with Gasteiger partial charge in [0.25, 0.3) is 0 Å². The third-order valence-electron chi connectivity index (χ3n) is 1.84. The summed E-state index contributed by atoms with van der Waals surface area (Å²) in [5.74, 6) is -0.479. The first kappa shape index (κ1) is 9.32. The SMILES string of the molecule is O=CNc1ccc(-n2cncn2)c(F)c1. The first-order valence-corrected chi connectivity index (χ1v) is 4.16. The number of carbonyl (C=O) groups is 1. The Bertz CT molecular complexity index is 469. The molecule has 0 saturated carbocycles. The quantitative estimate of drug-likeness (QED) is 0.761. The predicted octanol–water partition coefficient (Wildman–Crippen LogP) is 0.975. The zero-order valence-corrected chi connectivity index (χ0v) is 7.59. The number of nitrogens with zero attached hydrogens (tertiary/aromatic N) is 3. The second-order valence-electron chi connectivity index (χ2n) is 2.77. The number of halogens is 1. The van der Waals surface area contributed by atoms with Crippen molar-refractivity contribution in [3.63, 3.8) is 0 Å². The molecule has 0 bridgehead atoms. The van der Waals surface area contributed by atoms with Crippen LogP contribution in [-0.2, 0) is 4.79 Å². The van der Waals surface area contributed by atoms with Crippen molar-refractivity contribution in [1.29, 1.82) is 0 Å². The Balaban J connectivity index is 2.39. The average molecular weight is 206 g/mol. The van der Waals surface area contributed by atoms with Gasteiger partial charge in [-0.25, -0.2) is 14.1 Å². The van der Waals surface area contributed by atoms with Gasteiger partial charge >= 0.3 is 0 Å². The summed E-state index contributed by atoms with van der Waals surface area (Å²) in [6.45, 7) is 0. The minimum atomic E-state index is -0.479. The van der Waals surface area contributed by atoms with E-state index in [1.807, 2.05) is 0 Å². The van der Waals surface area contributed by atoms with E-state index in [1.54, 1.807) is 6.07 Å². The van der Waals surface area contributed by atoms with Gasteiger partial charge < -0.3 is 5.32 Å². The second-order valence-corrected chi connectivity index (χ2v) is 2.77. The number of anilines is 1. The summed E-state index contributed by atoms with van der Waals surface area (Å²) in [6.07, 6.45) is 3.20. The Labute approximate surface area is 84.6 Å². The van der Waals surface area contributed by atoms with Crippen molar-refractivity contribution in [2.24, 2.45) is 0 Å². The summed E-state index contributed by atoms with van der Waals surface area (Å²) in [4.78, 5) is 13.8. The Hall–Kier alpha value is -2.24. The van der Waals surface area contributed by atoms with E-state index < -0.39 is 5.82 Å². The summed E-state index contributed by atoms with van der Waals surface area (Å²) in [7, 11) is 0. The van der Waals surface area contributed by atoms with Crippen LogP contribution in [0.1, 0.15) is 0 Å². The number of aromatic nitrogens is 3. The highest BCUT2D eigenvalue weighted by molar-refractivity contribution is 5.71. The Morgan fingerprint density at radius 2 is 2.33 bits per heavy atom. The Morgan fingerprint density at radius 3 is 2.93 bits per heavy atom. The number of carbonyl (C=O) groups excluding carboxylic acids is 1. The van der Waals surface area contributed by atoms with Crippen molar-refractivity contribution in [3.05, 3.63) is 36.7 Å². The molecule has 0 atom stereocenters. The standard InChI is InChI=1S/C9H7FN4O/c10-8-3-7(12-6-15)1-2-9(8)14-5-11-4-13-14/h1-6H,(H,12,15). The van der Waals surface area contributed by atoms with Gasteiger partial charge in [-0.05, 0) is 18.2 Å². The van der Waals surface area contributed by atoms with Gasteiger partial charge in [-0.2, -0.15) is 5.10 Å². The maximum absolute atomic E-state index is 13.5. The molecule has 0 radical (unpaired) electrons. The number of benzene rings is 1. The van der Waals surface area contributed by atoms with E-state index in [0.29, 0.717) is 12.1 Å². The molecule has 0 aliphatic heterocycles. The first-order chi connectivity index (χ1) is 7.31. The minimum absolute atomic E-state index is 0.281. The lowest BCUT2D eigenvalue weighted by molar-refractivity contribution is -0.105. The maximum atomic E-state index is 13.5. The molecule has 0 unspecified atom stereocenters. The molecule has 5 nitrogen and oxygen atoms in total. The number of rotatable bonds is 3. The molecule has 2 rings (SSSR count). The first-order valence-electron chi connectivity index (χ1n) is 4.16. The van der Waals surface area contributed by atoms with Gasteiger partial charge in [-0.3, -0.25) is 4.79 Å². The number of nitrogens with one attached hydrogen (secondary N) is 1. The highest BCUT2D eigenvalue weighted by atomic mass is 19.1. The summed E-state index contributed by atoms with van der Waals surface area (Å²) in [6, 6.07) is 4.30. The zero-order valence-electron chi connectivity index (χ0n) is 7.59. The molecule has 0 fully saturated rings. The van der Waals surface area contributed by atoms with Gasteiger partial charge in [0.05, 0.1) is 0 Å². The third kappa shape index (κ3) is 1.83. The molecule has 0 aliphatic rings.